The number of sulfone groups is 1. The molecule has 0 bridgehead atoms. The number of carbonyl (C=O) groups is 1. The van der Waals surface area contributed by atoms with E-state index in [4.69, 9.17) is 0 Å². The van der Waals surface area contributed by atoms with E-state index in [1.807, 2.05) is 6.92 Å². The van der Waals surface area contributed by atoms with Crippen molar-refractivity contribution >= 4 is 21.4 Å². The minimum Gasteiger partial charge on any atom is -0.326 e. The van der Waals surface area contributed by atoms with Crippen LogP contribution in [0.4, 0.5) is 5.69 Å². The van der Waals surface area contributed by atoms with E-state index in [1.165, 1.54) is 12.1 Å². The van der Waals surface area contributed by atoms with E-state index in [2.05, 4.69) is 5.32 Å². The lowest BCUT2D eigenvalue weighted by Gasteiger charge is -2.05. The van der Waals surface area contributed by atoms with Gasteiger partial charge in [-0.15, -0.1) is 0 Å². The van der Waals surface area contributed by atoms with Gasteiger partial charge in [-0.2, -0.15) is 0 Å². The molecule has 1 aromatic carbocycles. The third-order valence-corrected chi connectivity index (χ3v) is 3.13. The van der Waals surface area contributed by atoms with E-state index in [0.29, 0.717) is 12.1 Å². The molecule has 1 aromatic rings. The highest BCUT2D eigenvalue weighted by molar-refractivity contribution is 7.90. The van der Waals surface area contributed by atoms with Crippen molar-refractivity contribution < 1.29 is 13.2 Å². The number of benzene rings is 1. The second-order valence-electron chi connectivity index (χ2n) is 3.60. The molecule has 1 amide bonds. The lowest BCUT2D eigenvalue weighted by molar-refractivity contribution is -0.116. The van der Waals surface area contributed by atoms with Gasteiger partial charge in [0.15, 0.2) is 9.84 Å². The number of hydrogen-bond acceptors (Lipinski definition) is 3. The number of hydrogen-bond donors (Lipinski definition) is 1. The van der Waals surface area contributed by atoms with Crippen molar-refractivity contribution in [3.63, 3.8) is 0 Å². The molecule has 1 N–H and O–H groups in total. The molecular weight excluding hydrogens is 226 g/mol. The van der Waals surface area contributed by atoms with Crippen LogP contribution in [0.5, 0.6) is 0 Å². The molecule has 0 aliphatic rings. The Morgan fingerprint density at radius 1 is 1.38 bits per heavy atom. The predicted molar refractivity (Wildman–Crippen MR) is 63.1 cm³/mol. The molecule has 0 fully saturated rings. The Labute approximate surface area is 95.6 Å². The third kappa shape index (κ3) is 3.66. The van der Waals surface area contributed by atoms with Crippen LogP contribution >= 0.6 is 0 Å². The molecule has 0 saturated carbocycles. The van der Waals surface area contributed by atoms with Gasteiger partial charge in [0, 0.05) is 18.4 Å². The van der Waals surface area contributed by atoms with Crippen molar-refractivity contribution in [2.24, 2.45) is 0 Å². The standard InChI is InChI=1S/C11H15NO3S/c1-3-5-11(13)12-9-6-4-7-10(8-9)16(2,14)15/h4,6-8H,3,5H2,1-2H3,(H,12,13). The van der Waals surface area contributed by atoms with Gasteiger partial charge < -0.3 is 5.32 Å². The predicted octanol–water partition coefficient (Wildman–Crippen LogP) is 1.83. The summed E-state index contributed by atoms with van der Waals surface area (Å²) in [4.78, 5) is 11.5. The van der Waals surface area contributed by atoms with Gasteiger partial charge in [0.2, 0.25) is 5.91 Å². The van der Waals surface area contributed by atoms with Crippen LogP contribution in [0.15, 0.2) is 29.2 Å². The molecule has 4 nitrogen and oxygen atoms in total. The van der Waals surface area contributed by atoms with Crippen molar-refractivity contribution in [1.82, 2.24) is 0 Å². The van der Waals surface area contributed by atoms with Crippen LogP contribution in [0.3, 0.4) is 0 Å². The van der Waals surface area contributed by atoms with E-state index in [0.717, 1.165) is 12.7 Å². The highest BCUT2D eigenvalue weighted by Gasteiger charge is 2.08. The minimum atomic E-state index is -3.22. The average Bonchev–Trinajstić information content (AvgIpc) is 2.17. The Morgan fingerprint density at radius 3 is 2.62 bits per heavy atom. The number of anilines is 1. The Morgan fingerprint density at radius 2 is 2.06 bits per heavy atom. The second kappa shape index (κ2) is 5.12. The first-order valence-electron chi connectivity index (χ1n) is 5.03. The fourth-order valence-electron chi connectivity index (χ4n) is 1.26. The van der Waals surface area contributed by atoms with E-state index < -0.39 is 9.84 Å². The maximum atomic E-state index is 11.3. The zero-order valence-corrected chi connectivity index (χ0v) is 10.2. The highest BCUT2D eigenvalue weighted by Crippen LogP contribution is 2.15. The van der Waals surface area contributed by atoms with Crippen LogP contribution in [0, 0.1) is 0 Å². The number of nitrogens with one attached hydrogen (secondary N) is 1. The molecule has 0 atom stereocenters. The topological polar surface area (TPSA) is 63.2 Å². The Hall–Kier alpha value is -1.36. The lowest BCUT2D eigenvalue weighted by Crippen LogP contribution is -2.11. The average molecular weight is 241 g/mol. The van der Waals surface area contributed by atoms with Crippen LogP contribution < -0.4 is 5.32 Å². The molecule has 0 heterocycles. The van der Waals surface area contributed by atoms with Crippen molar-refractivity contribution in [2.45, 2.75) is 24.7 Å². The molecule has 0 aliphatic carbocycles. The number of amides is 1. The Bertz CT molecular complexity index is 480. The van der Waals surface area contributed by atoms with Crippen LogP contribution in [0.25, 0.3) is 0 Å². The molecular formula is C11H15NO3S. The molecule has 0 saturated heterocycles. The first kappa shape index (κ1) is 12.7. The van der Waals surface area contributed by atoms with Crippen molar-refractivity contribution in [3.05, 3.63) is 24.3 Å². The summed E-state index contributed by atoms with van der Waals surface area (Å²) in [6.07, 6.45) is 2.33. The van der Waals surface area contributed by atoms with Gasteiger partial charge in [0.1, 0.15) is 0 Å². The molecule has 16 heavy (non-hydrogen) atoms. The third-order valence-electron chi connectivity index (χ3n) is 2.02. The minimum absolute atomic E-state index is 0.104. The summed E-state index contributed by atoms with van der Waals surface area (Å²) in [6, 6.07) is 6.24. The Kier molecular flexibility index (Phi) is 4.06. The van der Waals surface area contributed by atoms with Gasteiger partial charge >= 0.3 is 0 Å². The monoisotopic (exact) mass is 241 g/mol. The van der Waals surface area contributed by atoms with Gasteiger partial charge in [-0.05, 0) is 24.6 Å². The zero-order valence-electron chi connectivity index (χ0n) is 9.36. The quantitative estimate of drug-likeness (QED) is 0.874. The van der Waals surface area contributed by atoms with Crippen LogP contribution in [0.2, 0.25) is 0 Å². The summed E-state index contributed by atoms with van der Waals surface area (Å²) in [5.74, 6) is -0.104. The largest absolute Gasteiger partial charge is 0.326 e. The summed E-state index contributed by atoms with van der Waals surface area (Å²) in [5.41, 5.74) is 0.515. The maximum absolute atomic E-state index is 11.3. The molecule has 88 valence electrons. The molecule has 0 spiro atoms. The van der Waals surface area contributed by atoms with Crippen LogP contribution in [0.1, 0.15) is 19.8 Å². The van der Waals surface area contributed by atoms with E-state index in [1.54, 1.807) is 12.1 Å². The first-order chi connectivity index (χ1) is 7.43. The molecule has 1 rings (SSSR count). The summed E-state index contributed by atoms with van der Waals surface area (Å²) in [7, 11) is -3.22. The molecule has 0 aromatic heterocycles. The van der Waals surface area contributed by atoms with Crippen molar-refractivity contribution in [3.8, 4) is 0 Å². The normalized spacial score (nSPS) is 11.1. The molecule has 5 heteroatoms. The van der Waals surface area contributed by atoms with Gasteiger partial charge in [0.05, 0.1) is 4.90 Å². The fourth-order valence-corrected chi connectivity index (χ4v) is 1.92. The molecule has 0 unspecified atom stereocenters. The van der Waals surface area contributed by atoms with Crippen molar-refractivity contribution in [2.75, 3.05) is 11.6 Å². The number of rotatable bonds is 4. The Balaban J connectivity index is 2.88. The SMILES string of the molecule is CCCC(=O)Nc1cccc(S(C)(=O)=O)c1. The van der Waals surface area contributed by atoms with E-state index in [-0.39, 0.29) is 10.8 Å². The lowest BCUT2D eigenvalue weighted by atomic mass is 10.3. The van der Waals surface area contributed by atoms with Gasteiger partial charge in [-0.25, -0.2) is 8.42 Å². The summed E-state index contributed by atoms with van der Waals surface area (Å²) in [6.45, 7) is 1.91. The van der Waals surface area contributed by atoms with Crippen LogP contribution in [-0.4, -0.2) is 20.6 Å². The summed E-state index contributed by atoms with van der Waals surface area (Å²) in [5, 5.41) is 2.65. The summed E-state index contributed by atoms with van der Waals surface area (Å²) < 4.78 is 22.6. The second-order valence-corrected chi connectivity index (χ2v) is 5.61. The van der Waals surface area contributed by atoms with Gasteiger partial charge in [-0.3, -0.25) is 4.79 Å². The molecule has 0 aliphatic heterocycles. The van der Waals surface area contributed by atoms with Gasteiger partial charge in [-0.1, -0.05) is 13.0 Å². The maximum Gasteiger partial charge on any atom is 0.224 e. The van der Waals surface area contributed by atoms with E-state index >= 15 is 0 Å². The highest BCUT2D eigenvalue weighted by atomic mass is 32.2. The fraction of sp³-hybridized carbons (Fsp3) is 0.364. The number of carbonyl (C=O) groups excluding carboxylic acids is 1. The molecule has 0 radical (unpaired) electrons. The van der Waals surface area contributed by atoms with E-state index in [9.17, 15) is 13.2 Å². The zero-order chi connectivity index (χ0) is 12.2. The van der Waals surface area contributed by atoms with Gasteiger partial charge in [0.25, 0.3) is 0 Å². The smallest absolute Gasteiger partial charge is 0.224 e. The summed E-state index contributed by atoms with van der Waals surface area (Å²) >= 11 is 0. The first-order valence-corrected chi connectivity index (χ1v) is 6.92. The van der Waals surface area contributed by atoms with Crippen molar-refractivity contribution in [1.29, 1.82) is 0 Å². The van der Waals surface area contributed by atoms with Crippen LogP contribution in [-0.2, 0) is 14.6 Å².